The van der Waals surface area contributed by atoms with Gasteiger partial charge >= 0.3 is 11.9 Å². The van der Waals surface area contributed by atoms with E-state index < -0.39 is 21.7 Å². The molecule has 0 aliphatic heterocycles. The van der Waals surface area contributed by atoms with Crippen molar-refractivity contribution in [1.29, 1.82) is 0 Å². The first-order chi connectivity index (χ1) is 14.5. The van der Waals surface area contributed by atoms with Gasteiger partial charge in [0, 0.05) is 35.1 Å². The molecule has 180 valence electrons. The summed E-state index contributed by atoms with van der Waals surface area (Å²) in [5.41, 5.74) is 2.22. The van der Waals surface area contributed by atoms with Gasteiger partial charge in [-0.3, -0.25) is 0 Å². The van der Waals surface area contributed by atoms with Crippen LogP contribution < -0.4 is 0 Å². The van der Waals surface area contributed by atoms with Gasteiger partial charge in [0.15, 0.2) is 0 Å². The van der Waals surface area contributed by atoms with Gasteiger partial charge in [-0.25, -0.2) is 18.0 Å². The molecule has 0 unspecified atom stereocenters. The van der Waals surface area contributed by atoms with Crippen LogP contribution in [0.25, 0.3) is 0 Å². The Hall–Kier alpha value is -0.610. The SMILES string of the molecule is COC(=O)c1ccc(C)c(S(=O)(=O)Cl)c1.COC(=O)c1ccc(C)c(S)c1.C[Si](C)(Cl)Cl.[Zn]. The molecule has 0 radical (unpaired) electrons. The number of hydrogen-bond acceptors (Lipinski definition) is 7. The van der Waals surface area contributed by atoms with Crippen LogP contribution in [0.2, 0.25) is 13.1 Å². The summed E-state index contributed by atoms with van der Waals surface area (Å²) < 4.78 is 31.3. The second-order valence-corrected chi connectivity index (χ2v) is 18.7. The summed E-state index contributed by atoms with van der Waals surface area (Å²) in [7, 11) is 3.95. The van der Waals surface area contributed by atoms with Crippen LogP contribution in [0.4, 0.5) is 0 Å². The fourth-order valence-corrected chi connectivity index (χ4v) is 3.39. The van der Waals surface area contributed by atoms with E-state index in [0.717, 1.165) is 10.5 Å². The molecule has 2 aromatic carbocycles. The third kappa shape index (κ3) is 14.4. The maximum absolute atomic E-state index is 11.1. The van der Waals surface area contributed by atoms with E-state index in [1.807, 2.05) is 26.1 Å². The normalized spacial score (nSPS) is 10.4. The molecular weight excluding hydrogens is 600 g/mol. The van der Waals surface area contributed by atoms with Gasteiger partial charge in [0.25, 0.3) is 9.05 Å². The molecule has 0 aromatic heterocycles. The van der Waals surface area contributed by atoms with Gasteiger partial charge in [-0.15, -0.1) is 34.8 Å². The Balaban J connectivity index is 0. The van der Waals surface area contributed by atoms with Crippen molar-refractivity contribution in [1.82, 2.24) is 0 Å². The van der Waals surface area contributed by atoms with Crippen molar-refractivity contribution in [3.63, 3.8) is 0 Å². The molecule has 0 fully saturated rings. The molecule has 2 aromatic rings. The summed E-state index contributed by atoms with van der Waals surface area (Å²) in [5.74, 6) is -0.929. The Labute approximate surface area is 228 Å². The molecule has 2 rings (SSSR count). The summed E-state index contributed by atoms with van der Waals surface area (Å²) in [6.07, 6.45) is 0. The average molecular weight is 625 g/mol. The zero-order chi connectivity index (χ0) is 25.3. The molecule has 0 N–H and O–H groups in total. The second-order valence-electron chi connectivity index (χ2n) is 6.73. The number of halogens is 3. The number of benzene rings is 2. The summed E-state index contributed by atoms with van der Waals surface area (Å²) in [6, 6.07) is 9.44. The molecule has 0 heterocycles. The standard InChI is InChI=1S/C9H9ClO4S.C9H10O2S.C2H6Cl2Si.Zn/c1-6-3-4-7(9(11)14-2)5-8(6)15(10,12)13;1-6-3-4-7(5-8(6)12)9(10)11-2;1-5(2,3)4;/h3-5H,1-2H3;3-5,12H,1-2H3;1-2H3;. The number of carbonyl (C=O) groups is 2. The summed E-state index contributed by atoms with van der Waals surface area (Å²) in [6.45, 7) is 5.58. The third-order valence-corrected chi connectivity index (χ3v) is 5.45. The second kappa shape index (κ2) is 15.4. The number of methoxy groups -OCH3 is 2. The van der Waals surface area contributed by atoms with E-state index in [-0.39, 0.29) is 35.9 Å². The van der Waals surface area contributed by atoms with E-state index >= 15 is 0 Å². The van der Waals surface area contributed by atoms with Crippen molar-refractivity contribution in [2.45, 2.75) is 36.7 Å². The van der Waals surface area contributed by atoms with E-state index in [1.165, 1.54) is 32.4 Å². The molecule has 0 amide bonds. The number of rotatable bonds is 3. The Morgan fingerprint density at radius 3 is 1.58 bits per heavy atom. The fraction of sp³-hybridized carbons (Fsp3) is 0.300. The van der Waals surface area contributed by atoms with Crippen molar-refractivity contribution in [3.05, 3.63) is 58.7 Å². The number of carbonyl (C=O) groups excluding carboxylic acids is 2. The number of aryl methyl sites for hydroxylation is 2. The van der Waals surface area contributed by atoms with E-state index in [2.05, 4.69) is 22.1 Å². The number of esters is 2. The van der Waals surface area contributed by atoms with E-state index in [4.69, 9.17) is 32.8 Å². The number of thiol groups is 1. The summed E-state index contributed by atoms with van der Waals surface area (Å²) >= 11 is 15.1. The molecule has 0 aliphatic rings. The van der Waals surface area contributed by atoms with Gasteiger partial charge in [-0.1, -0.05) is 12.1 Å². The molecule has 0 saturated heterocycles. The van der Waals surface area contributed by atoms with E-state index in [0.29, 0.717) is 11.1 Å². The zero-order valence-electron chi connectivity index (χ0n) is 19.1. The van der Waals surface area contributed by atoms with Crippen molar-refractivity contribution < 1.29 is 47.0 Å². The predicted octanol–water partition coefficient (Wildman–Crippen LogP) is 5.94. The first kappa shape index (κ1) is 34.6. The van der Waals surface area contributed by atoms with E-state index in [1.54, 1.807) is 19.1 Å². The van der Waals surface area contributed by atoms with Crippen LogP contribution in [0.1, 0.15) is 31.8 Å². The van der Waals surface area contributed by atoms with Crippen LogP contribution in [-0.4, -0.2) is 41.3 Å². The largest absolute Gasteiger partial charge is 0.465 e. The van der Waals surface area contributed by atoms with E-state index in [9.17, 15) is 18.0 Å². The molecule has 0 saturated carbocycles. The zero-order valence-corrected chi connectivity index (χ0v) is 27.1. The summed E-state index contributed by atoms with van der Waals surface area (Å²) in [5, 5.41) is 0. The monoisotopic (exact) mass is 622 g/mol. The van der Waals surface area contributed by atoms with Crippen LogP contribution in [-0.2, 0) is 38.0 Å². The van der Waals surface area contributed by atoms with Crippen LogP contribution in [0.15, 0.2) is 46.2 Å². The number of ether oxygens (including phenoxy) is 2. The Bertz CT molecular complexity index is 1050. The van der Waals surface area contributed by atoms with Gasteiger partial charge < -0.3 is 9.47 Å². The maximum Gasteiger partial charge on any atom is 0.337 e. The van der Waals surface area contributed by atoms with Gasteiger partial charge in [-0.05, 0) is 62.3 Å². The van der Waals surface area contributed by atoms with Crippen molar-refractivity contribution in [2.75, 3.05) is 14.2 Å². The minimum Gasteiger partial charge on any atom is -0.465 e. The molecule has 0 bridgehead atoms. The van der Waals surface area contributed by atoms with Crippen LogP contribution in [0.5, 0.6) is 0 Å². The Kier molecular flexibility index (Phi) is 16.1. The molecular formula is C20H25Cl3O6S2SiZn. The topological polar surface area (TPSA) is 86.7 Å². The number of hydrogen-bond donors (Lipinski definition) is 1. The molecule has 33 heavy (non-hydrogen) atoms. The van der Waals surface area contributed by atoms with Crippen LogP contribution >= 0.6 is 45.5 Å². The summed E-state index contributed by atoms with van der Waals surface area (Å²) in [4.78, 5) is 22.9. The molecule has 13 heteroatoms. The quantitative estimate of drug-likeness (QED) is 0.149. The maximum atomic E-state index is 11.1. The smallest absolute Gasteiger partial charge is 0.337 e. The Morgan fingerprint density at radius 2 is 1.24 bits per heavy atom. The van der Waals surface area contributed by atoms with Gasteiger partial charge in [-0.2, -0.15) is 0 Å². The van der Waals surface area contributed by atoms with Gasteiger partial charge in [0.1, 0.15) is 0 Å². The first-order valence-corrected chi connectivity index (χ1v) is 16.7. The third-order valence-electron chi connectivity index (χ3n) is 3.50. The van der Waals surface area contributed by atoms with Crippen LogP contribution in [0.3, 0.4) is 0 Å². The van der Waals surface area contributed by atoms with Crippen molar-refractivity contribution >= 4 is 73.2 Å². The minimum absolute atomic E-state index is 0. The van der Waals surface area contributed by atoms with Crippen LogP contribution in [0, 0.1) is 13.8 Å². The van der Waals surface area contributed by atoms with Crippen molar-refractivity contribution in [2.24, 2.45) is 0 Å². The van der Waals surface area contributed by atoms with Gasteiger partial charge in [0.05, 0.1) is 30.2 Å². The van der Waals surface area contributed by atoms with Gasteiger partial charge in [0.2, 0.25) is 6.69 Å². The Morgan fingerprint density at radius 1 is 0.879 bits per heavy atom. The molecule has 0 aliphatic carbocycles. The van der Waals surface area contributed by atoms with Crippen molar-refractivity contribution in [3.8, 4) is 0 Å². The minimum atomic E-state index is -3.83. The predicted molar refractivity (Wildman–Crippen MR) is 135 cm³/mol. The molecule has 6 nitrogen and oxygen atoms in total. The fourth-order valence-electron chi connectivity index (χ4n) is 1.96. The molecule has 0 atom stereocenters. The molecule has 0 spiro atoms. The average Bonchev–Trinajstić information content (AvgIpc) is 2.67. The first-order valence-electron chi connectivity index (χ1n) is 8.90.